The Labute approximate surface area is 341 Å². The van der Waals surface area contributed by atoms with Gasteiger partial charge in [0.1, 0.15) is 0 Å². The van der Waals surface area contributed by atoms with Gasteiger partial charge in [-0.05, 0) is 114 Å². The van der Waals surface area contributed by atoms with Gasteiger partial charge in [0, 0.05) is 51.2 Å². The summed E-state index contributed by atoms with van der Waals surface area (Å²) in [4.78, 5) is 7.84. The van der Waals surface area contributed by atoms with Crippen LogP contribution >= 0.6 is 0 Å². The molecule has 0 spiro atoms. The Kier molecular flexibility index (Phi) is 6.42. The molecule has 8 aromatic rings. The van der Waals surface area contributed by atoms with Crippen LogP contribution in [0.4, 0.5) is 51.2 Å². The van der Waals surface area contributed by atoms with Crippen molar-refractivity contribution in [3.05, 3.63) is 180 Å². The molecule has 0 saturated carbocycles. The molecular formula is C52H38B3N3. The molecule has 0 fully saturated rings. The van der Waals surface area contributed by atoms with Gasteiger partial charge in [-0.3, -0.25) is 0 Å². The smallest absolute Gasteiger partial charge is 0.257 e. The van der Waals surface area contributed by atoms with Crippen LogP contribution in [0.2, 0.25) is 0 Å². The van der Waals surface area contributed by atoms with Crippen molar-refractivity contribution in [1.29, 1.82) is 0 Å². The van der Waals surface area contributed by atoms with E-state index in [2.05, 4.69) is 200 Å². The Balaban J connectivity index is 1.21. The quantitative estimate of drug-likeness (QED) is 0.193. The summed E-state index contributed by atoms with van der Waals surface area (Å²) in [7, 11) is 0. The van der Waals surface area contributed by atoms with Crippen molar-refractivity contribution in [2.45, 2.75) is 27.7 Å². The van der Waals surface area contributed by atoms with E-state index in [0.29, 0.717) is 0 Å². The molecule has 6 heteroatoms. The number of hydrogen-bond acceptors (Lipinski definition) is 3. The monoisotopic (exact) mass is 737 g/mol. The topological polar surface area (TPSA) is 9.72 Å². The highest BCUT2D eigenvalue weighted by Crippen LogP contribution is 2.50. The Hall–Kier alpha value is -6.65. The summed E-state index contributed by atoms with van der Waals surface area (Å²) in [6, 6.07) is 60.8. The fourth-order valence-corrected chi connectivity index (χ4v) is 11.2. The molecule has 0 amide bonds. The maximum absolute atomic E-state index is 2.73. The molecule has 13 rings (SSSR count). The zero-order valence-corrected chi connectivity index (χ0v) is 33.1. The first-order valence-electron chi connectivity index (χ1n) is 20.7. The summed E-state index contributed by atoms with van der Waals surface area (Å²) in [6.07, 6.45) is 0. The van der Waals surface area contributed by atoms with Gasteiger partial charge in [-0.15, -0.1) is 0 Å². The van der Waals surface area contributed by atoms with E-state index in [9.17, 15) is 0 Å². The SMILES string of the molecule is Cc1ccc(B2c3cccc4c3N3c5c2ccc2c5B5c6c(cccc6N(c6ccc(C)cc6)c6ccc(c3c65)B4c3ccc(C)cc3)N2c2ccc(C)cc2)cc1. The van der Waals surface area contributed by atoms with Crippen molar-refractivity contribution in [2.75, 3.05) is 14.7 Å². The third-order valence-corrected chi connectivity index (χ3v) is 13.8. The number of para-hydroxylation sites is 1. The van der Waals surface area contributed by atoms with Crippen LogP contribution in [0.1, 0.15) is 22.3 Å². The Morgan fingerprint density at radius 2 is 0.655 bits per heavy atom. The molecule has 58 heavy (non-hydrogen) atoms. The largest absolute Gasteiger partial charge is 0.313 e. The molecule has 270 valence electrons. The molecule has 5 heterocycles. The van der Waals surface area contributed by atoms with E-state index >= 15 is 0 Å². The molecular weight excluding hydrogens is 699 g/mol. The van der Waals surface area contributed by atoms with Gasteiger partial charge in [0.05, 0.1) is 0 Å². The van der Waals surface area contributed by atoms with E-state index in [0.717, 1.165) is 0 Å². The number of hydrogen-bond donors (Lipinski definition) is 0. The van der Waals surface area contributed by atoms with Crippen LogP contribution < -0.4 is 63.9 Å². The number of anilines is 9. The predicted molar refractivity (Wildman–Crippen MR) is 250 cm³/mol. The molecule has 0 bridgehead atoms. The molecule has 5 aliphatic rings. The molecule has 3 nitrogen and oxygen atoms in total. The lowest BCUT2D eigenvalue weighted by Crippen LogP contribution is -2.73. The third kappa shape index (κ3) is 4.12. The van der Waals surface area contributed by atoms with Gasteiger partial charge in [-0.25, -0.2) is 0 Å². The lowest BCUT2D eigenvalue weighted by atomic mass is 9.25. The highest BCUT2D eigenvalue weighted by molar-refractivity contribution is 7.08. The van der Waals surface area contributed by atoms with Crippen molar-refractivity contribution in [3.63, 3.8) is 0 Å². The molecule has 0 N–H and O–H groups in total. The standard InChI is InChI=1S/C52H38B3N3/c1-31-11-19-35(20-12-31)53-39-7-5-8-40-50(39)58-51-41(53)27-29-45-48(51)55-47-43(56(45)37-23-15-33(3)16-24-37)9-6-10-44(47)57(38-25-17-34(4)18-26-38)46-30-28-42(52(58)49(46)55)54(40)36-21-13-32(2)14-22-36/h5-30H,1-4H3. The van der Waals surface area contributed by atoms with Crippen molar-refractivity contribution < 1.29 is 0 Å². The van der Waals surface area contributed by atoms with Crippen molar-refractivity contribution in [1.82, 2.24) is 0 Å². The summed E-state index contributed by atoms with van der Waals surface area (Å²) < 4.78 is 0. The fraction of sp³-hybridized carbons (Fsp3) is 0.0769. The van der Waals surface area contributed by atoms with Crippen LogP contribution in [0.15, 0.2) is 158 Å². The average Bonchev–Trinajstić information content (AvgIpc) is 3.25. The fourth-order valence-electron chi connectivity index (χ4n) is 11.2. The Bertz CT molecular complexity index is 2660. The summed E-state index contributed by atoms with van der Waals surface area (Å²) >= 11 is 0. The number of aryl methyl sites for hydroxylation is 4. The van der Waals surface area contributed by atoms with Gasteiger partial charge in [0.25, 0.3) is 6.71 Å². The second kappa shape index (κ2) is 11.5. The minimum atomic E-state index is 0.0601. The van der Waals surface area contributed by atoms with Crippen molar-refractivity contribution in [2.24, 2.45) is 0 Å². The third-order valence-electron chi connectivity index (χ3n) is 13.8. The van der Waals surface area contributed by atoms with Crippen molar-refractivity contribution in [3.8, 4) is 0 Å². The second-order valence-electron chi connectivity index (χ2n) is 17.2. The predicted octanol–water partition coefficient (Wildman–Crippen LogP) is 6.45. The molecule has 0 radical (unpaired) electrons. The molecule has 0 unspecified atom stereocenters. The molecule has 0 aromatic heterocycles. The lowest BCUT2D eigenvalue weighted by Gasteiger charge is -2.54. The molecule has 5 aliphatic heterocycles. The number of nitrogens with zero attached hydrogens (tertiary/aromatic N) is 3. The van der Waals surface area contributed by atoms with E-state index in [4.69, 9.17) is 0 Å². The minimum absolute atomic E-state index is 0.0601. The zero-order valence-electron chi connectivity index (χ0n) is 33.1. The first-order valence-corrected chi connectivity index (χ1v) is 20.7. The summed E-state index contributed by atoms with van der Waals surface area (Å²) in [5, 5.41) is 0. The maximum atomic E-state index is 2.73. The lowest BCUT2D eigenvalue weighted by molar-refractivity contribution is 1.22. The van der Waals surface area contributed by atoms with Crippen LogP contribution in [0.5, 0.6) is 0 Å². The Morgan fingerprint density at radius 3 is 1.09 bits per heavy atom. The van der Waals surface area contributed by atoms with Gasteiger partial charge < -0.3 is 14.7 Å². The van der Waals surface area contributed by atoms with E-state index in [1.807, 2.05) is 0 Å². The van der Waals surface area contributed by atoms with Gasteiger partial charge in [0.15, 0.2) is 0 Å². The van der Waals surface area contributed by atoms with E-state index in [1.54, 1.807) is 0 Å². The molecule has 8 aromatic carbocycles. The summed E-state index contributed by atoms with van der Waals surface area (Å²) in [5.74, 6) is 0. The number of rotatable bonds is 4. The van der Waals surface area contributed by atoms with Crippen molar-refractivity contribution >= 4 is 120 Å². The maximum Gasteiger partial charge on any atom is 0.257 e. The van der Waals surface area contributed by atoms with Crippen LogP contribution in [-0.4, -0.2) is 20.1 Å². The second-order valence-corrected chi connectivity index (χ2v) is 17.2. The van der Waals surface area contributed by atoms with Crippen LogP contribution in [0.25, 0.3) is 0 Å². The zero-order chi connectivity index (χ0) is 38.6. The Morgan fingerprint density at radius 1 is 0.293 bits per heavy atom. The average molecular weight is 737 g/mol. The first-order chi connectivity index (χ1) is 28.4. The van der Waals surface area contributed by atoms with E-state index in [-0.39, 0.29) is 20.1 Å². The van der Waals surface area contributed by atoms with Crippen LogP contribution in [-0.2, 0) is 0 Å². The first kappa shape index (κ1) is 32.4. The van der Waals surface area contributed by atoms with Crippen LogP contribution in [0.3, 0.4) is 0 Å². The molecule has 0 saturated heterocycles. The normalized spacial score (nSPS) is 14.3. The summed E-state index contributed by atoms with van der Waals surface area (Å²) in [5.41, 5.74) is 29.0. The molecule has 0 aliphatic carbocycles. The van der Waals surface area contributed by atoms with Gasteiger partial charge in [-0.1, -0.05) is 142 Å². The van der Waals surface area contributed by atoms with Gasteiger partial charge in [-0.2, -0.15) is 0 Å². The van der Waals surface area contributed by atoms with E-state index < -0.39 is 0 Å². The highest BCUT2D eigenvalue weighted by atomic mass is 15.2. The van der Waals surface area contributed by atoms with E-state index in [1.165, 1.54) is 123 Å². The minimum Gasteiger partial charge on any atom is -0.313 e. The van der Waals surface area contributed by atoms with Gasteiger partial charge >= 0.3 is 0 Å². The highest BCUT2D eigenvalue weighted by Gasteiger charge is 2.55. The molecule has 0 atom stereocenters. The van der Waals surface area contributed by atoms with Gasteiger partial charge in [0.2, 0.25) is 13.4 Å². The van der Waals surface area contributed by atoms with Crippen LogP contribution in [0, 0.1) is 27.7 Å². The summed E-state index contributed by atoms with van der Waals surface area (Å²) in [6.45, 7) is 8.99. The number of benzene rings is 8.